The molecule has 3 nitrogen and oxygen atoms in total. The highest BCUT2D eigenvalue weighted by molar-refractivity contribution is 7.17. The van der Waals surface area contributed by atoms with E-state index in [1.165, 1.54) is 0 Å². The van der Waals surface area contributed by atoms with E-state index in [2.05, 4.69) is 0 Å². The van der Waals surface area contributed by atoms with Crippen molar-refractivity contribution in [3.8, 4) is 0 Å². The van der Waals surface area contributed by atoms with E-state index in [4.69, 9.17) is 0 Å². The molecule has 0 saturated carbocycles. The van der Waals surface area contributed by atoms with Crippen molar-refractivity contribution in [2.75, 3.05) is 14.1 Å². The first kappa shape index (κ1) is 9.27. The Morgan fingerprint density at radius 3 is 2.79 bits per heavy atom. The smallest absolute Gasteiger partial charge is 0.270 e. The Kier molecular flexibility index (Phi) is 2.07. The van der Waals surface area contributed by atoms with Crippen LogP contribution in [0.25, 0.3) is 10.2 Å². The summed E-state index contributed by atoms with van der Waals surface area (Å²) in [7, 11) is 5.46. The lowest BCUT2D eigenvalue weighted by Gasteiger charge is -2.10. The van der Waals surface area contributed by atoms with Gasteiger partial charge in [-0.1, -0.05) is 0 Å². The second-order valence-electron chi connectivity index (χ2n) is 3.46. The number of amides is 1. The molecule has 0 aromatic carbocycles. The van der Waals surface area contributed by atoms with E-state index in [0.29, 0.717) is 0 Å². The molecule has 2 aromatic heterocycles. The third-order valence-electron chi connectivity index (χ3n) is 2.29. The van der Waals surface area contributed by atoms with Crippen molar-refractivity contribution in [3.05, 3.63) is 23.2 Å². The maximum atomic E-state index is 11.7. The molecule has 0 unspecified atom stereocenters. The monoisotopic (exact) mass is 208 g/mol. The summed E-state index contributed by atoms with van der Waals surface area (Å²) in [4.78, 5) is 13.3. The molecule has 1 amide bonds. The first-order valence-electron chi connectivity index (χ1n) is 4.36. The van der Waals surface area contributed by atoms with Crippen LogP contribution in [0.15, 0.2) is 17.5 Å². The summed E-state index contributed by atoms with van der Waals surface area (Å²) in [6, 6.07) is 3.98. The Labute approximate surface area is 86.6 Å². The summed E-state index contributed by atoms with van der Waals surface area (Å²) in [5.41, 5.74) is 1.87. The third kappa shape index (κ3) is 1.23. The van der Waals surface area contributed by atoms with Crippen molar-refractivity contribution in [3.63, 3.8) is 0 Å². The van der Waals surface area contributed by atoms with Gasteiger partial charge < -0.3 is 9.47 Å². The summed E-state index contributed by atoms with van der Waals surface area (Å²) in [5, 5.41) is 2.04. The van der Waals surface area contributed by atoms with Crippen molar-refractivity contribution >= 4 is 27.5 Å². The minimum Gasteiger partial charge on any atom is -0.343 e. The number of fused-ring (bicyclic) bond motifs is 1. The van der Waals surface area contributed by atoms with Crippen LogP contribution >= 0.6 is 11.3 Å². The average molecular weight is 208 g/mol. The van der Waals surface area contributed by atoms with E-state index in [1.54, 1.807) is 30.3 Å². The number of aryl methyl sites for hydroxylation is 1. The molecule has 74 valence electrons. The van der Waals surface area contributed by atoms with Gasteiger partial charge in [0.05, 0.1) is 10.2 Å². The minimum absolute atomic E-state index is 0.0518. The van der Waals surface area contributed by atoms with Crippen LogP contribution in [0.3, 0.4) is 0 Å². The van der Waals surface area contributed by atoms with Crippen LogP contribution in [0.4, 0.5) is 0 Å². The number of rotatable bonds is 1. The largest absolute Gasteiger partial charge is 0.343 e. The quantitative estimate of drug-likeness (QED) is 0.703. The highest BCUT2D eigenvalue weighted by atomic mass is 32.1. The van der Waals surface area contributed by atoms with Crippen LogP contribution in [0.1, 0.15) is 10.5 Å². The Morgan fingerprint density at radius 2 is 2.21 bits per heavy atom. The van der Waals surface area contributed by atoms with E-state index < -0.39 is 0 Å². The number of hydrogen-bond acceptors (Lipinski definition) is 2. The van der Waals surface area contributed by atoms with Gasteiger partial charge in [0.15, 0.2) is 0 Å². The van der Waals surface area contributed by atoms with Crippen LogP contribution < -0.4 is 0 Å². The number of carbonyl (C=O) groups excluding carboxylic acids is 1. The topological polar surface area (TPSA) is 25.2 Å². The molecule has 14 heavy (non-hydrogen) atoms. The number of thiophene rings is 1. The van der Waals surface area contributed by atoms with Gasteiger partial charge in [0.2, 0.25) is 0 Å². The van der Waals surface area contributed by atoms with Crippen LogP contribution in [-0.4, -0.2) is 29.5 Å². The zero-order chi connectivity index (χ0) is 10.3. The van der Waals surface area contributed by atoms with Crippen LogP contribution in [0, 0.1) is 0 Å². The molecule has 0 aliphatic heterocycles. The SMILES string of the molecule is CN(C)C(=O)c1cc2sccc2n1C. The van der Waals surface area contributed by atoms with E-state index in [9.17, 15) is 4.79 Å². The van der Waals surface area contributed by atoms with Gasteiger partial charge >= 0.3 is 0 Å². The first-order valence-corrected chi connectivity index (χ1v) is 5.24. The molecule has 0 bridgehead atoms. The minimum atomic E-state index is 0.0518. The summed E-state index contributed by atoms with van der Waals surface area (Å²) in [6.07, 6.45) is 0. The zero-order valence-electron chi connectivity index (χ0n) is 8.44. The lowest BCUT2D eigenvalue weighted by atomic mass is 10.4. The molecule has 0 radical (unpaired) electrons. The van der Waals surface area contributed by atoms with Crippen molar-refractivity contribution in [2.24, 2.45) is 7.05 Å². The predicted molar refractivity (Wildman–Crippen MR) is 58.8 cm³/mol. The fourth-order valence-electron chi connectivity index (χ4n) is 1.48. The van der Waals surface area contributed by atoms with E-state index in [0.717, 1.165) is 15.9 Å². The fourth-order valence-corrected chi connectivity index (χ4v) is 2.33. The molecule has 0 spiro atoms. The third-order valence-corrected chi connectivity index (χ3v) is 3.14. The molecule has 0 aliphatic carbocycles. The Morgan fingerprint density at radius 1 is 1.50 bits per heavy atom. The molecule has 0 aliphatic rings. The average Bonchev–Trinajstić information content (AvgIpc) is 2.68. The summed E-state index contributed by atoms with van der Waals surface area (Å²) in [5.74, 6) is 0.0518. The molecule has 0 saturated heterocycles. The van der Waals surface area contributed by atoms with Crippen molar-refractivity contribution in [1.82, 2.24) is 9.47 Å². The van der Waals surface area contributed by atoms with Gasteiger partial charge in [0.1, 0.15) is 5.69 Å². The van der Waals surface area contributed by atoms with E-state index >= 15 is 0 Å². The van der Waals surface area contributed by atoms with Gasteiger partial charge in [-0.15, -0.1) is 11.3 Å². The maximum absolute atomic E-state index is 11.7. The van der Waals surface area contributed by atoms with Crippen molar-refractivity contribution in [1.29, 1.82) is 0 Å². The summed E-state index contributed by atoms with van der Waals surface area (Å²) in [6.45, 7) is 0. The Hall–Kier alpha value is -1.29. The number of nitrogens with zero attached hydrogens (tertiary/aromatic N) is 2. The van der Waals surface area contributed by atoms with Gasteiger partial charge in [-0.2, -0.15) is 0 Å². The number of aromatic nitrogens is 1. The Bertz CT molecular complexity index is 481. The molecule has 0 N–H and O–H groups in total. The van der Waals surface area contributed by atoms with Crippen LogP contribution in [0.2, 0.25) is 0 Å². The van der Waals surface area contributed by atoms with Gasteiger partial charge in [-0.05, 0) is 17.5 Å². The second kappa shape index (κ2) is 3.13. The first-order chi connectivity index (χ1) is 6.61. The van der Waals surface area contributed by atoms with E-state index in [1.807, 2.05) is 29.1 Å². The summed E-state index contributed by atoms with van der Waals surface area (Å²) >= 11 is 1.66. The van der Waals surface area contributed by atoms with Crippen LogP contribution in [-0.2, 0) is 7.05 Å². The fraction of sp³-hybridized carbons (Fsp3) is 0.300. The highest BCUT2D eigenvalue weighted by Gasteiger charge is 2.14. The molecule has 2 rings (SSSR count). The maximum Gasteiger partial charge on any atom is 0.270 e. The second-order valence-corrected chi connectivity index (χ2v) is 4.41. The normalized spacial score (nSPS) is 10.8. The lowest BCUT2D eigenvalue weighted by Crippen LogP contribution is -2.23. The molecular weight excluding hydrogens is 196 g/mol. The van der Waals surface area contributed by atoms with E-state index in [-0.39, 0.29) is 5.91 Å². The predicted octanol–water partition coefficient (Wildman–Crippen LogP) is 1.94. The van der Waals surface area contributed by atoms with Gasteiger partial charge in [-0.3, -0.25) is 4.79 Å². The number of hydrogen-bond donors (Lipinski definition) is 0. The van der Waals surface area contributed by atoms with Crippen LogP contribution in [0.5, 0.6) is 0 Å². The molecule has 0 fully saturated rings. The number of carbonyl (C=O) groups is 1. The van der Waals surface area contributed by atoms with Gasteiger partial charge in [0.25, 0.3) is 5.91 Å². The highest BCUT2D eigenvalue weighted by Crippen LogP contribution is 2.24. The summed E-state index contributed by atoms with van der Waals surface area (Å²) < 4.78 is 3.10. The van der Waals surface area contributed by atoms with Crippen molar-refractivity contribution < 1.29 is 4.79 Å². The zero-order valence-corrected chi connectivity index (χ0v) is 9.26. The molecule has 0 atom stereocenters. The molecule has 4 heteroatoms. The molecule has 2 aromatic rings. The Balaban J connectivity index is 2.58. The molecule has 2 heterocycles. The molecular formula is C10H12N2OS. The van der Waals surface area contributed by atoms with Gasteiger partial charge in [0, 0.05) is 21.1 Å². The lowest BCUT2D eigenvalue weighted by molar-refractivity contribution is 0.0819. The van der Waals surface area contributed by atoms with Gasteiger partial charge in [-0.25, -0.2) is 0 Å². The standard InChI is InChI=1S/C10H12N2OS/c1-11(2)10(13)8-6-9-7(12(8)3)4-5-14-9/h4-6H,1-3H3. The van der Waals surface area contributed by atoms with Crippen molar-refractivity contribution in [2.45, 2.75) is 0 Å².